The van der Waals surface area contributed by atoms with E-state index in [1.165, 1.54) is 0 Å². The predicted molar refractivity (Wildman–Crippen MR) is 112 cm³/mol. The third-order valence-corrected chi connectivity index (χ3v) is 4.98. The van der Waals surface area contributed by atoms with E-state index in [9.17, 15) is 4.79 Å². The maximum atomic E-state index is 12.8. The van der Waals surface area contributed by atoms with Crippen LogP contribution in [0.5, 0.6) is 0 Å². The highest BCUT2D eigenvalue weighted by Crippen LogP contribution is 2.27. The van der Waals surface area contributed by atoms with Crippen molar-refractivity contribution in [2.24, 2.45) is 0 Å². The van der Waals surface area contributed by atoms with Gasteiger partial charge in [0.15, 0.2) is 5.65 Å². The summed E-state index contributed by atoms with van der Waals surface area (Å²) in [7, 11) is 0. The Bertz CT molecular complexity index is 1210. The zero-order valence-corrected chi connectivity index (χ0v) is 16.6. The molecule has 6 heteroatoms. The third-order valence-electron chi connectivity index (χ3n) is 4.66. The van der Waals surface area contributed by atoms with E-state index in [1.54, 1.807) is 24.4 Å². The first-order chi connectivity index (χ1) is 13.4. The van der Waals surface area contributed by atoms with Gasteiger partial charge in [0.1, 0.15) is 11.3 Å². The second-order valence-electron chi connectivity index (χ2n) is 6.78. The van der Waals surface area contributed by atoms with Gasteiger partial charge in [0, 0.05) is 17.4 Å². The lowest BCUT2D eigenvalue weighted by Crippen LogP contribution is -2.13. The van der Waals surface area contributed by atoms with Gasteiger partial charge in [0.25, 0.3) is 5.91 Å². The van der Waals surface area contributed by atoms with Crippen molar-refractivity contribution in [2.75, 3.05) is 5.32 Å². The molecule has 0 fully saturated rings. The number of aromatic nitrogens is 3. The molecule has 2 aromatic carbocycles. The maximum Gasteiger partial charge on any atom is 0.255 e. The molecule has 1 N–H and O–H groups in total. The van der Waals surface area contributed by atoms with Crippen LogP contribution in [-0.4, -0.2) is 20.4 Å². The lowest BCUT2D eigenvalue weighted by atomic mass is 10.1. The Morgan fingerprint density at radius 3 is 2.68 bits per heavy atom. The standard InChI is InChI=1S/C22H19ClN4O/c1-13-6-9-18(14(2)11-13)26-22(28)16-7-8-17(23)20(12-16)27-15(3)25-19-5-4-10-24-21(19)27/h4-12H,1-3H3,(H,26,28). The number of nitrogens with zero attached hydrogens (tertiary/aromatic N) is 3. The van der Waals surface area contributed by atoms with E-state index >= 15 is 0 Å². The molecule has 0 aliphatic carbocycles. The third kappa shape index (κ3) is 3.25. The van der Waals surface area contributed by atoms with Crippen molar-refractivity contribution in [1.29, 1.82) is 0 Å². The molecule has 0 aliphatic rings. The molecular formula is C22H19ClN4O. The second-order valence-corrected chi connectivity index (χ2v) is 7.19. The minimum absolute atomic E-state index is 0.195. The van der Waals surface area contributed by atoms with E-state index in [1.807, 2.05) is 55.7 Å². The van der Waals surface area contributed by atoms with Gasteiger partial charge >= 0.3 is 0 Å². The molecule has 0 radical (unpaired) electrons. The summed E-state index contributed by atoms with van der Waals surface area (Å²) < 4.78 is 1.87. The number of rotatable bonds is 3. The lowest BCUT2D eigenvalue weighted by Gasteiger charge is -2.12. The number of nitrogens with one attached hydrogen (secondary N) is 1. The van der Waals surface area contributed by atoms with Gasteiger partial charge in [-0.1, -0.05) is 29.3 Å². The summed E-state index contributed by atoms with van der Waals surface area (Å²) in [6.45, 7) is 5.89. The molecule has 1 amide bonds. The van der Waals surface area contributed by atoms with Gasteiger partial charge in [-0.05, 0) is 62.7 Å². The molecule has 2 heterocycles. The van der Waals surface area contributed by atoms with Gasteiger partial charge in [0.05, 0.1) is 10.7 Å². The number of amides is 1. The molecule has 28 heavy (non-hydrogen) atoms. The highest BCUT2D eigenvalue weighted by Gasteiger charge is 2.16. The number of carbonyl (C=O) groups is 1. The average molecular weight is 391 g/mol. The monoisotopic (exact) mass is 390 g/mol. The largest absolute Gasteiger partial charge is 0.322 e. The number of hydrogen-bond donors (Lipinski definition) is 1. The van der Waals surface area contributed by atoms with Gasteiger partial charge in [-0.15, -0.1) is 0 Å². The summed E-state index contributed by atoms with van der Waals surface area (Å²) in [6, 6.07) is 14.9. The normalized spacial score (nSPS) is 11.0. The smallest absolute Gasteiger partial charge is 0.255 e. The zero-order valence-electron chi connectivity index (χ0n) is 15.8. The Morgan fingerprint density at radius 2 is 1.89 bits per heavy atom. The van der Waals surface area contributed by atoms with Crippen LogP contribution in [-0.2, 0) is 0 Å². The van der Waals surface area contributed by atoms with Gasteiger partial charge in [0.2, 0.25) is 0 Å². The van der Waals surface area contributed by atoms with E-state index in [4.69, 9.17) is 11.6 Å². The molecule has 0 bridgehead atoms. The Hall–Kier alpha value is -3.18. The van der Waals surface area contributed by atoms with Crippen LogP contribution in [0.2, 0.25) is 5.02 Å². The molecule has 0 saturated carbocycles. The molecule has 0 spiro atoms. The first-order valence-corrected chi connectivity index (χ1v) is 9.30. The van der Waals surface area contributed by atoms with Gasteiger partial charge in [-0.2, -0.15) is 0 Å². The van der Waals surface area contributed by atoms with Crippen LogP contribution in [0.15, 0.2) is 54.7 Å². The van der Waals surface area contributed by atoms with Gasteiger partial charge < -0.3 is 5.32 Å². The van der Waals surface area contributed by atoms with Crippen LogP contribution in [0, 0.1) is 20.8 Å². The molecule has 2 aromatic heterocycles. The molecule has 0 saturated heterocycles. The average Bonchev–Trinajstić information content (AvgIpc) is 3.00. The number of pyridine rings is 1. The summed E-state index contributed by atoms with van der Waals surface area (Å²) in [4.78, 5) is 21.8. The maximum absolute atomic E-state index is 12.8. The highest BCUT2D eigenvalue weighted by atomic mass is 35.5. The quantitative estimate of drug-likeness (QED) is 0.519. The van der Waals surface area contributed by atoms with E-state index in [2.05, 4.69) is 15.3 Å². The van der Waals surface area contributed by atoms with Crippen molar-refractivity contribution in [3.8, 4) is 5.69 Å². The van der Waals surface area contributed by atoms with Crippen LogP contribution in [0.1, 0.15) is 27.3 Å². The van der Waals surface area contributed by atoms with E-state index in [0.29, 0.717) is 21.9 Å². The predicted octanol–water partition coefficient (Wildman–Crippen LogP) is 5.25. The van der Waals surface area contributed by atoms with Crippen molar-refractivity contribution in [3.63, 3.8) is 0 Å². The molecule has 5 nitrogen and oxygen atoms in total. The summed E-state index contributed by atoms with van der Waals surface area (Å²) in [5.74, 6) is 0.558. The highest BCUT2D eigenvalue weighted by molar-refractivity contribution is 6.32. The Labute approximate surface area is 168 Å². The molecule has 0 unspecified atom stereocenters. The number of carbonyl (C=O) groups excluding carboxylic acids is 1. The van der Waals surface area contributed by atoms with Crippen molar-refractivity contribution in [3.05, 3.63) is 82.3 Å². The van der Waals surface area contributed by atoms with Crippen molar-refractivity contribution in [1.82, 2.24) is 14.5 Å². The minimum Gasteiger partial charge on any atom is -0.322 e. The molecule has 0 atom stereocenters. The van der Waals surface area contributed by atoms with E-state index < -0.39 is 0 Å². The van der Waals surface area contributed by atoms with Gasteiger partial charge in [-0.3, -0.25) is 9.36 Å². The lowest BCUT2D eigenvalue weighted by molar-refractivity contribution is 0.102. The number of anilines is 1. The van der Waals surface area contributed by atoms with Crippen LogP contribution < -0.4 is 5.32 Å². The number of halogens is 1. The van der Waals surface area contributed by atoms with Crippen LogP contribution in [0.4, 0.5) is 5.69 Å². The number of aryl methyl sites for hydroxylation is 3. The minimum atomic E-state index is -0.195. The number of hydrogen-bond acceptors (Lipinski definition) is 3. The zero-order chi connectivity index (χ0) is 19.8. The Kier molecular flexibility index (Phi) is 4.61. The Morgan fingerprint density at radius 1 is 1.07 bits per heavy atom. The van der Waals surface area contributed by atoms with Crippen LogP contribution >= 0.6 is 11.6 Å². The Balaban J connectivity index is 1.75. The number of imidazole rings is 1. The van der Waals surface area contributed by atoms with Crippen LogP contribution in [0.3, 0.4) is 0 Å². The molecule has 0 aliphatic heterocycles. The SMILES string of the molecule is Cc1ccc(NC(=O)c2ccc(Cl)c(-n3c(C)nc4cccnc43)c2)c(C)c1. The van der Waals surface area contributed by atoms with Gasteiger partial charge in [-0.25, -0.2) is 9.97 Å². The molecule has 140 valence electrons. The van der Waals surface area contributed by atoms with E-state index in [0.717, 1.165) is 28.2 Å². The summed E-state index contributed by atoms with van der Waals surface area (Å²) in [5, 5.41) is 3.50. The van der Waals surface area contributed by atoms with Crippen molar-refractivity contribution >= 4 is 34.4 Å². The molecular weight excluding hydrogens is 372 g/mol. The fourth-order valence-corrected chi connectivity index (χ4v) is 3.49. The van der Waals surface area contributed by atoms with Crippen molar-refractivity contribution < 1.29 is 4.79 Å². The van der Waals surface area contributed by atoms with Crippen LogP contribution in [0.25, 0.3) is 16.9 Å². The summed E-state index contributed by atoms with van der Waals surface area (Å²) in [5.41, 5.74) is 5.63. The topological polar surface area (TPSA) is 59.8 Å². The first kappa shape index (κ1) is 18.2. The number of benzene rings is 2. The second kappa shape index (κ2) is 7.09. The fourth-order valence-electron chi connectivity index (χ4n) is 3.29. The summed E-state index contributed by atoms with van der Waals surface area (Å²) >= 11 is 6.46. The van der Waals surface area contributed by atoms with E-state index in [-0.39, 0.29) is 5.91 Å². The van der Waals surface area contributed by atoms with Crippen molar-refractivity contribution in [2.45, 2.75) is 20.8 Å². The molecule has 4 aromatic rings. The molecule has 4 rings (SSSR count). The first-order valence-electron chi connectivity index (χ1n) is 8.92. The number of fused-ring (bicyclic) bond motifs is 1. The fraction of sp³-hybridized carbons (Fsp3) is 0.136. The summed E-state index contributed by atoms with van der Waals surface area (Å²) in [6.07, 6.45) is 1.71.